The first-order chi connectivity index (χ1) is 16.1. The van der Waals surface area contributed by atoms with E-state index in [0.29, 0.717) is 19.4 Å². The zero-order valence-electron chi connectivity index (χ0n) is 18.9. The molecule has 0 aliphatic heterocycles. The Morgan fingerprint density at radius 3 is 2.35 bits per heavy atom. The minimum absolute atomic E-state index is 0.184. The van der Waals surface area contributed by atoms with Gasteiger partial charge in [-0.05, 0) is 50.3 Å². The number of pyridine rings is 1. The standard InChI is InChI=1S/C21H33N7O6/c22-8-2-1-5-15(28-19(31)14(23)10-13-4-3-9-25-11-13)20(32)26-12-18(30)27-16(21(33)34)6-7-17(24)29/h3-4,9,11,14-16H,1-2,5-8,10,12,22-23H2,(H2,24,29)(H,26,32)(H,27,30)(H,28,31)(H,33,34)/t14-,15-,16-/m0/s1. The lowest BCUT2D eigenvalue weighted by atomic mass is 10.1. The number of amides is 4. The third kappa shape index (κ3) is 11.3. The lowest BCUT2D eigenvalue weighted by Crippen LogP contribution is -2.53. The molecule has 0 aromatic carbocycles. The molecule has 0 saturated heterocycles. The van der Waals surface area contributed by atoms with Crippen molar-refractivity contribution in [1.82, 2.24) is 20.9 Å². The molecule has 0 radical (unpaired) electrons. The van der Waals surface area contributed by atoms with Crippen LogP contribution in [0.1, 0.15) is 37.7 Å². The van der Waals surface area contributed by atoms with E-state index in [-0.39, 0.29) is 25.7 Å². The number of carboxylic acid groups (broad SMARTS) is 1. The zero-order valence-corrected chi connectivity index (χ0v) is 18.9. The summed E-state index contributed by atoms with van der Waals surface area (Å²) in [7, 11) is 0. The Hall–Kier alpha value is -3.58. The number of nitrogens with zero attached hydrogens (tertiary/aromatic N) is 1. The summed E-state index contributed by atoms with van der Waals surface area (Å²) in [6, 6.07) is 0.285. The number of primary amides is 1. The molecule has 0 aliphatic rings. The minimum atomic E-state index is -1.34. The van der Waals surface area contributed by atoms with Crippen LogP contribution in [0.3, 0.4) is 0 Å². The van der Waals surface area contributed by atoms with E-state index < -0.39 is 54.3 Å². The maximum atomic E-state index is 12.6. The molecule has 0 aliphatic carbocycles. The Labute approximate surface area is 197 Å². The monoisotopic (exact) mass is 479 g/mol. The molecule has 0 unspecified atom stereocenters. The SMILES string of the molecule is NCCCC[C@H](NC(=O)[C@@H](N)Cc1cccnc1)C(=O)NCC(=O)N[C@@H](CCC(N)=O)C(=O)O. The maximum absolute atomic E-state index is 12.6. The number of carboxylic acids is 1. The molecule has 10 N–H and O–H groups in total. The first-order valence-electron chi connectivity index (χ1n) is 10.9. The van der Waals surface area contributed by atoms with Gasteiger partial charge in [-0.3, -0.25) is 24.2 Å². The topological polar surface area (TPSA) is 233 Å². The molecule has 188 valence electrons. The summed E-state index contributed by atoms with van der Waals surface area (Å²) < 4.78 is 0. The predicted molar refractivity (Wildman–Crippen MR) is 122 cm³/mol. The molecule has 34 heavy (non-hydrogen) atoms. The summed E-state index contributed by atoms with van der Waals surface area (Å²) in [5, 5.41) is 16.3. The van der Waals surface area contributed by atoms with Crippen LogP contribution in [0.2, 0.25) is 0 Å². The second-order valence-corrected chi connectivity index (χ2v) is 7.70. The predicted octanol–water partition coefficient (Wildman–Crippen LogP) is -2.48. The largest absolute Gasteiger partial charge is 0.480 e. The third-order valence-corrected chi connectivity index (χ3v) is 4.83. The summed E-state index contributed by atoms with van der Waals surface area (Å²) in [5.41, 5.74) is 17.2. The smallest absolute Gasteiger partial charge is 0.326 e. The Morgan fingerprint density at radius 2 is 1.76 bits per heavy atom. The van der Waals surface area contributed by atoms with E-state index in [1.165, 1.54) is 0 Å². The summed E-state index contributed by atoms with van der Waals surface area (Å²) in [4.78, 5) is 63.3. The van der Waals surface area contributed by atoms with Crippen LogP contribution in [0.4, 0.5) is 0 Å². The van der Waals surface area contributed by atoms with Crippen molar-refractivity contribution in [3.05, 3.63) is 30.1 Å². The highest BCUT2D eigenvalue weighted by molar-refractivity contribution is 5.92. The van der Waals surface area contributed by atoms with Gasteiger partial charge < -0.3 is 38.3 Å². The van der Waals surface area contributed by atoms with Gasteiger partial charge in [0.1, 0.15) is 12.1 Å². The highest BCUT2D eigenvalue weighted by Gasteiger charge is 2.25. The van der Waals surface area contributed by atoms with Crippen molar-refractivity contribution in [2.75, 3.05) is 13.1 Å². The Morgan fingerprint density at radius 1 is 1.03 bits per heavy atom. The fourth-order valence-corrected chi connectivity index (χ4v) is 2.99. The Kier molecular flexibility index (Phi) is 12.8. The van der Waals surface area contributed by atoms with Gasteiger partial charge in [0.25, 0.3) is 0 Å². The quantitative estimate of drug-likeness (QED) is 0.124. The molecular formula is C21H33N7O6. The number of carbonyl (C=O) groups excluding carboxylic acids is 4. The van der Waals surface area contributed by atoms with Gasteiger partial charge in [0.15, 0.2) is 0 Å². The molecule has 1 aromatic heterocycles. The zero-order chi connectivity index (χ0) is 25.5. The van der Waals surface area contributed by atoms with Gasteiger partial charge in [-0.25, -0.2) is 4.79 Å². The number of hydrogen-bond donors (Lipinski definition) is 7. The number of rotatable bonds is 16. The molecule has 4 amide bonds. The van der Waals surface area contributed by atoms with E-state index in [9.17, 15) is 24.0 Å². The molecular weight excluding hydrogens is 446 g/mol. The lowest BCUT2D eigenvalue weighted by molar-refractivity contribution is -0.142. The van der Waals surface area contributed by atoms with Crippen molar-refractivity contribution in [2.45, 2.75) is 56.7 Å². The first kappa shape index (κ1) is 28.5. The number of nitrogens with one attached hydrogen (secondary N) is 3. The van der Waals surface area contributed by atoms with Crippen LogP contribution in [0.5, 0.6) is 0 Å². The van der Waals surface area contributed by atoms with Crippen molar-refractivity contribution in [3.63, 3.8) is 0 Å². The number of carbonyl (C=O) groups is 5. The van der Waals surface area contributed by atoms with Gasteiger partial charge in [0, 0.05) is 18.8 Å². The lowest BCUT2D eigenvalue weighted by Gasteiger charge is -2.21. The van der Waals surface area contributed by atoms with E-state index in [2.05, 4.69) is 20.9 Å². The van der Waals surface area contributed by atoms with Crippen LogP contribution in [0.15, 0.2) is 24.5 Å². The normalized spacial score (nSPS) is 13.2. The fraction of sp³-hybridized carbons (Fsp3) is 0.524. The van der Waals surface area contributed by atoms with Gasteiger partial charge in [0.05, 0.1) is 12.6 Å². The van der Waals surface area contributed by atoms with Crippen LogP contribution in [-0.2, 0) is 30.4 Å². The van der Waals surface area contributed by atoms with Crippen molar-refractivity contribution in [2.24, 2.45) is 17.2 Å². The van der Waals surface area contributed by atoms with E-state index in [0.717, 1.165) is 5.56 Å². The molecule has 1 rings (SSSR count). The van der Waals surface area contributed by atoms with Crippen molar-refractivity contribution in [1.29, 1.82) is 0 Å². The number of aromatic nitrogens is 1. The van der Waals surface area contributed by atoms with Gasteiger partial charge in [0.2, 0.25) is 23.6 Å². The van der Waals surface area contributed by atoms with Crippen molar-refractivity contribution >= 4 is 29.6 Å². The molecule has 13 heteroatoms. The molecule has 0 bridgehead atoms. The third-order valence-electron chi connectivity index (χ3n) is 4.83. The number of hydrogen-bond acceptors (Lipinski definition) is 8. The Balaban J connectivity index is 2.66. The molecule has 0 spiro atoms. The van der Waals surface area contributed by atoms with Gasteiger partial charge in [-0.1, -0.05) is 6.07 Å². The summed E-state index contributed by atoms with van der Waals surface area (Å²) in [6.45, 7) is -0.114. The van der Waals surface area contributed by atoms with Gasteiger partial charge in [-0.15, -0.1) is 0 Å². The van der Waals surface area contributed by atoms with Gasteiger partial charge in [-0.2, -0.15) is 0 Å². The van der Waals surface area contributed by atoms with Gasteiger partial charge >= 0.3 is 5.97 Å². The highest BCUT2D eigenvalue weighted by Crippen LogP contribution is 2.04. The average Bonchev–Trinajstić information content (AvgIpc) is 2.79. The van der Waals surface area contributed by atoms with Crippen LogP contribution >= 0.6 is 0 Å². The molecule has 13 nitrogen and oxygen atoms in total. The van der Waals surface area contributed by atoms with Crippen molar-refractivity contribution in [3.8, 4) is 0 Å². The van der Waals surface area contributed by atoms with Crippen LogP contribution in [0.25, 0.3) is 0 Å². The summed E-state index contributed by atoms with van der Waals surface area (Å²) in [5.74, 6) is -3.98. The first-order valence-corrected chi connectivity index (χ1v) is 10.9. The number of nitrogens with two attached hydrogens (primary N) is 3. The second-order valence-electron chi connectivity index (χ2n) is 7.70. The fourth-order valence-electron chi connectivity index (χ4n) is 2.99. The van der Waals surface area contributed by atoms with Crippen LogP contribution in [0, 0.1) is 0 Å². The van der Waals surface area contributed by atoms with Crippen LogP contribution < -0.4 is 33.2 Å². The summed E-state index contributed by atoms with van der Waals surface area (Å²) in [6.07, 6.45) is 4.45. The molecule has 0 fully saturated rings. The minimum Gasteiger partial charge on any atom is -0.480 e. The molecule has 3 atom stereocenters. The summed E-state index contributed by atoms with van der Waals surface area (Å²) >= 11 is 0. The van der Waals surface area contributed by atoms with E-state index in [1.54, 1.807) is 24.5 Å². The average molecular weight is 480 g/mol. The Bertz CT molecular complexity index is 836. The van der Waals surface area contributed by atoms with E-state index in [1.807, 2.05) is 0 Å². The molecule has 0 saturated carbocycles. The van der Waals surface area contributed by atoms with E-state index in [4.69, 9.17) is 22.3 Å². The van der Waals surface area contributed by atoms with Crippen molar-refractivity contribution < 1.29 is 29.1 Å². The number of unbranched alkanes of at least 4 members (excludes halogenated alkanes) is 1. The number of aliphatic carboxylic acids is 1. The highest BCUT2D eigenvalue weighted by atomic mass is 16.4. The van der Waals surface area contributed by atoms with Crippen LogP contribution in [-0.4, -0.2) is 70.9 Å². The molecule has 1 aromatic rings. The second kappa shape index (κ2) is 15.3. The maximum Gasteiger partial charge on any atom is 0.326 e. The van der Waals surface area contributed by atoms with E-state index >= 15 is 0 Å². The molecule has 1 heterocycles.